The molecule has 8 heteroatoms. The van der Waals surface area contributed by atoms with Crippen LogP contribution in [-0.2, 0) is 9.59 Å². The fraction of sp³-hybridized carbons (Fsp3) is 0.167. The lowest BCUT2D eigenvalue weighted by molar-refractivity contribution is -0.114. The summed E-state index contributed by atoms with van der Waals surface area (Å²) in [6, 6.07) is 13.0. The van der Waals surface area contributed by atoms with Crippen LogP contribution in [0, 0.1) is 6.92 Å². The number of halogens is 1. The van der Waals surface area contributed by atoms with Gasteiger partial charge in [-0.25, -0.2) is 4.98 Å². The van der Waals surface area contributed by atoms with Crippen molar-refractivity contribution in [1.82, 2.24) is 4.98 Å². The average molecular weight is 406 g/mol. The number of fused-ring (bicyclic) bond motifs is 1. The van der Waals surface area contributed by atoms with Gasteiger partial charge in [0.05, 0.1) is 21.7 Å². The van der Waals surface area contributed by atoms with Crippen LogP contribution in [0.3, 0.4) is 0 Å². The molecule has 2 N–H and O–H groups in total. The largest absolute Gasteiger partial charge is 0.325 e. The van der Waals surface area contributed by atoms with E-state index in [1.54, 1.807) is 6.07 Å². The molecule has 0 spiro atoms. The Balaban J connectivity index is 1.44. The number of hydrogen-bond donors (Lipinski definition) is 2. The highest BCUT2D eigenvalue weighted by molar-refractivity contribution is 8.00. The predicted octanol–water partition coefficient (Wildman–Crippen LogP) is 4.57. The molecule has 0 aliphatic rings. The van der Waals surface area contributed by atoms with E-state index in [0.29, 0.717) is 10.2 Å². The molecule has 0 fully saturated rings. The first kappa shape index (κ1) is 18.7. The maximum Gasteiger partial charge on any atom is 0.236 e. The number of carbonyl (C=O) groups is 2. The van der Waals surface area contributed by atoms with E-state index >= 15 is 0 Å². The fourth-order valence-corrected chi connectivity index (χ4v) is 3.95. The van der Waals surface area contributed by atoms with Crippen LogP contribution in [0.5, 0.6) is 0 Å². The molecule has 0 atom stereocenters. The van der Waals surface area contributed by atoms with E-state index in [2.05, 4.69) is 15.6 Å². The molecule has 1 aromatic heterocycles. The molecule has 3 rings (SSSR count). The maximum atomic E-state index is 12.0. The van der Waals surface area contributed by atoms with Gasteiger partial charge in [-0.3, -0.25) is 9.59 Å². The summed E-state index contributed by atoms with van der Waals surface area (Å²) in [7, 11) is 0. The molecule has 2 amide bonds. The Bertz CT molecular complexity index is 941. The third-order valence-electron chi connectivity index (χ3n) is 3.40. The fourth-order valence-electron chi connectivity index (χ4n) is 2.18. The van der Waals surface area contributed by atoms with E-state index in [4.69, 9.17) is 11.6 Å². The van der Waals surface area contributed by atoms with Crippen molar-refractivity contribution >= 4 is 67.5 Å². The summed E-state index contributed by atoms with van der Waals surface area (Å²) in [5, 5.41) is 6.71. The van der Waals surface area contributed by atoms with Gasteiger partial charge in [-0.05, 0) is 37.3 Å². The summed E-state index contributed by atoms with van der Waals surface area (Å²) in [5.74, 6) is 0.0546. The van der Waals surface area contributed by atoms with Gasteiger partial charge in [-0.2, -0.15) is 0 Å². The van der Waals surface area contributed by atoms with Crippen molar-refractivity contribution in [2.45, 2.75) is 6.92 Å². The second kappa shape index (κ2) is 8.53. The Morgan fingerprint density at radius 2 is 1.77 bits per heavy atom. The number of carbonyl (C=O) groups excluding carboxylic acids is 2. The summed E-state index contributed by atoms with van der Waals surface area (Å²) in [6.45, 7) is 1.99. The van der Waals surface area contributed by atoms with Gasteiger partial charge in [0.15, 0.2) is 5.13 Å². The van der Waals surface area contributed by atoms with Crippen LogP contribution in [0.1, 0.15) is 5.56 Å². The maximum absolute atomic E-state index is 12.0. The summed E-state index contributed by atoms with van der Waals surface area (Å²) in [4.78, 5) is 28.2. The van der Waals surface area contributed by atoms with Crippen molar-refractivity contribution in [1.29, 1.82) is 0 Å². The van der Waals surface area contributed by atoms with Gasteiger partial charge in [0.1, 0.15) is 0 Å². The molecular formula is C18H16ClN3O2S2. The highest BCUT2D eigenvalue weighted by Crippen LogP contribution is 2.28. The first-order valence-corrected chi connectivity index (χ1v) is 10.1. The number of nitrogens with one attached hydrogen (secondary N) is 2. The Morgan fingerprint density at radius 1 is 1.08 bits per heavy atom. The van der Waals surface area contributed by atoms with Crippen LogP contribution in [-0.4, -0.2) is 28.3 Å². The third kappa shape index (κ3) is 5.20. The van der Waals surface area contributed by atoms with E-state index in [1.165, 1.54) is 23.1 Å². The number of thiazole rings is 1. The molecule has 0 bridgehead atoms. The minimum atomic E-state index is -0.191. The molecule has 0 radical (unpaired) electrons. The van der Waals surface area contributed by atoms with Crippen LogP contribution < -0.4 is 10.6 Å². The Kier molecular flexibility index (Phi) is 6.13. The van der Waals surface area contributed by atoms with E-state index in [-0.39, 0.29) is 23.3 Å². The Morgan fingerprint density at radius 3 is 2.50 bits per heavy atom. The summed E-state index contributed by atoms with van der Waals surface area (Å²) in [5.41, 5.74) is 2.67. The number of benzene rings is 2. The minimum absolute atomic E-state index is 0.138. The van der Waals surface area contributed by atoms with Crippen molar-refractivity contribution in [3.63, 3.8) is 0 Å². The van der Waals surface area contributed by atoms with Crippen molar-refractivity contribution in [2.24, 2.45) is 0 Å². The molecule has 134 valence electrons. The van der Waals surface area contributed by atoms with Gasteiger partial charge in [-0.15, -0.1) is 11.8 Å². The topological polar surface area (TPSA) is 71.1 Å². The summed E-state index contributed by atoms with van der Waals surface area (Å²) in [6.07, 6.45) is 0. The molecular weight excluding hydrogens is 390 g/mol. The van der Waals surface area contributed by atoms with E-state index in [0.717, 1.165) is 21.5 Å². The zero-order valence-electron chi connectivity index (χ0n) is 13.9. The number of aryl methyl sites for hydroxylation is 1. The van der Waals surface area contributed by atoms with Crippen LogP contribution in [0.25, 0.3) is 10.2 Å². The molecule has 0 aliphatic carbocycles. The van der Waals surface area contributed by atoms with Gasteiger partial charge in [0.2, 0.25) is 11.8 Å². The molecule has 0 saturated heterocycles. The Labute approximate surface area is 164 Å². The van der Waals surface area contributed by atoms with Gasteiger partial charge >= 0.3 is 0 Å². The SMILES string of the molecule is Cc1ccc(NC(=O)CSCC(=O)Nc2nc3ccc(Cl)cc3s2)cc1. The molecule has 1 heterocycles. The van der Waals surface area contributed by atoms with Crippen molar-refractivity contribution < 1.29 is 9.59 Å². The standard InChI is InChI=1S/C18H16ClN3O2S2/c1-11-2-5-13(6-3-11)20-16(23)9-25-10-17(24)22-18-21-14-7-4-12(19)8-15(14)26-18/h2-8H,9-10H2,1H3,(H,20,23)(H,21,22,24). The molecule has 5 nitrogen and oxygen atoms in total. The smallest absolute Gasteiger partial charge is 0.236 e. The third-order valence-corrected chi connectivity index (χ3v) is 5.50. The quantitative estimate of drug-likeness (QED) is 0.630. The van der Waals surface area contributed by atoms with E-state index in [1.807, 2.05) is 43.3 Å². The van der Waals surface area contributed by atoms with Crippen LogP contribution in [0.4, 0.5) is 10.8 Å². The monoisotopic (exact) mass is 405 g/mol. The molecule has 0 saturated carbocycles. The zero-order valence-corrected chi connectivity index (χ0v) is 16.3. The number of nitrogens with zero attached hydrogens (tertiary/aromatic N) is 1. The summed E-state index contributed by atoms with van der Waals surface area (Å²) >= 11 is 8.57. The first-order valence-electron chi connectivity index (χ1n) is 7.80. The normalized spacial score (nSPS) is 10.7. The van der Waals surface area contributed by atoms with Crippen LogP contribution in [0.2, 0.25) is 5.02 Å². The lowest BCUT2D eigenvalue weighted by atomic mass is 10.2. The molecule has 26 heavy (non-hydrogen) atoms. The number of hydrogen-bond acceptors (Lipinski definition) is 5. The van der Waals surface area contributed by atoms with Crippen LogP contribution in [0.15, 0.2) is 42.5 Å². The average Bonchev–Trinajstić information content (AvgIpc) is 2.98. The number of amides is 2. The molecule has 2 aromatic carbocycles. The number of aromatic nitrogens is 1. The van der Waals surface area contributed by atoms with Crippen molar-refractivity contribution in [2.75, 3.05) is 22.1 Å². The highest BCUT2D eigenvalue weighted by atomic mass is 35.5. The minimum Gasteiger partial charge on any atom is -0.325 e. The van der Waals surface area contributed by atoms with Crippen LogP contribution >= 0.6 is 34.7 Å². The summed E-state index contributed by atoms with van der Waals surface area (Å²) < 4.78 is 0.915. The van der Waals surface area contributed by atoms with Gasteiger partial charge in [0, 0.05) is 10.7 Å². The molecule has 0 aliphatic heterocycles. The Hall–Kier alpha value is -2.09. The molecule has 0 unspecified atom stereocenters. The predicted molar refractivity (Wildman–Crippen MR) is 110 cm³/mol. The number of thioether (sulfide) groups is 1. The number of rotatable bonds is 6. The highest BCUT2D eigenvalue weighted by Gasteiger charge is 2.10. The second-order valence-corrected chi connectivity index (χ2v) is 8.04. The van der Waals surface area contributed by atoms with Crippen molar-refractivity contribution in [3.05, 3.63) is 53.1 Å². The lowest BCUT2D eigenvalue weighted by Crippen LogP contribution is -2.18. The second-order valence-electron chi connectivity index (χ2n) is 5.59. The van der Waals surface area contributed by atoms with Crippen molar-refractivity contribution in [3.8, 4) is 0 Å². The van der Waals surface area contributed by atoms with E-state index < -0.39 is 0 Å². The van der Waals surface area contributed by atoms with Gasteiger partial charge in [0.25, 0.3) is 0 Å². The molecule has 3 aromatic rings. The zero-order chi connectivity index (χ0) is 18.5. The van der Waals surface area contributed by atoms with Gasteiger partial charge < -0.3 is 10.6 Å². The van der Waals surface area contributed by atoms with Gasteiger partial charge in [-0.1, -0.05) is 40.6 Å². The first-order chi connectivity index (χ1) is 12.5. The van der Waals surface area contributed by atoms with E-state index in [9.17, 15) is 9.59 Å². The number of anilines is 2. The lowest BCUT2D eigenvalue weighted by Gasteiger charge is -2.05.